The third-order valence-corrected chi connectivity index (χ3v) is 5.53. The highest BCUT2D eigenvalue weighted by atomic mass is 16.5. The summed E-state index contributed by atoms with van der Waals surface area (Å²) in [6.07, 6.45) is 2.07. The number of anilines is 1. The lowest BCUT2D eigenvalue weighted by Crippen LogP contribution is -2.50. The minimum absolute atomic E-state index is 0.00583. The fourth-order valence-corrected chi connectivity index (χ4v) is 3.74. The molecule has 0 bridgehead atoms. The summed E-state index contributed by atoms with van der Waals surface area (Å²) in [4.78, 5) is 29.0. The van der Waals surface area contributed by atoms with E-state index in [4.69, 9.17) is 4.74 Å². The van der Waals surface area contributed by atoms with E-state index in [9.17, 15) is 9.59 Å². The molecule has 3 rings (SSSR count). The molecule has 2 amide bonds. The minimum Gasteiger partial charge on any atom is -0.497 e. The smallest absolute Gasteiger partial charge is 0.238 e. The fraction of sp³-hybridized carbons (Fsp3) is 0.417. The van der Waals surface area contributed by atoms with E-state index in [1.54, 1.807) is 7.11 Å². The summed E-state index contributed by atoms with van der Waals surface area (Å²) in [7, 11) is 1.65. The average Bonchev–Trinajstić information content (AvgIpc) is 2.78. The molecule has 2 aromatic carbocycles. The Bertz CT molecular complexity index is 860. The van der Waals surface area contributed by atoms with Crippen LogP contribution in [0.25, 0.3) is 0 Å². The molecular weight excluding hydrogens is 378 g/mol. The van der Waals surface area contributed by atoms with E-state index in [2.05, 4.69) is 17.1 Å². The summed E-state index contributed by atoms with van der Waals surface area (Å²) in [6.45, 7) is 5.19. The molecule has 0 spiro atoms. The maximum Gasteiger partial charge on any atom is 0.238 e. The quantitative estimate of drug-likeness (QED) is 0.728. The van der Waals surface area contributed by atoms with Crippen LogP contribution >= 0.6 is 0 Å². The van der Waals surface area contributed by atoms with Crippen molar-refractivity contribution >= 4 is 17.5 Å². The van der Waals surface area contributed by atoms with Gasteiger partial charge in [-0.25, -0.2) is 0 Å². The molecular formula is C24H31N3O3. The minimum atomic E-state index is -0.00583. The molecule has 1 aliphatic heterocycles. The van der Waals surface area contributed by atoms with E-state index in [1.807, 2.05) is 53.4 Å². The van der Waals surface area contributed by atoms with E-state index in [0.29, 0.717) is 45.6 Å². The number of rotatable bonds is 8. The first kappa shape index (κ1) is 21.8. The molecule has 1 N–H and O–H groups in total. The zero-order valence-electron chi connectivity index (χ0n) is 17.9. The molecule has 0 aliphatic carbocycles. The third-order valence-electron chi connectivity index (χ3n) is 5.53. The molecule has 0 radical (unpaired) electrons. The summed E-state index contributed by atoms with van der Waals surface area (Å²) < 4.78 is 5.24. The molecule has 160 valence electrons. The third kappa shape index (κ3) is 6.07. The number of hydrogen-bond acceptors (Lipinski definition) is 4. The Balaban J connectivity index is 1.41. The second-order valence-corrected chi connectivity index (χ2v) is 7.57. The van der Waals surface area contributed by atoms with Crippen molar-refractivity contribution in [2.75, 3.05) is 45.2 Å². The molecule has 1 fully saturated rings. The number of nitrogens with one attached hydrogen (secondary N) is 1. The van der Waals surface area contributed by atoms with Gasteiger partial charge >= 0.3 is 0 Å². The number of benzene rings is 2. The highest BCUT2D eigenvalue weighted by Crippen LogP contribution is 2.16. The standard InChI is InChI=1S/C24H31N3O3/c1-3-20-8-4-5-10-22(20)25-23(28)18-26-13-15-27(16-14-26)24(29)12-11-19-7-6-9-21(17-19)30-2/h4-10,17H,3,11-16,18H2,1-2H3,(H,25,28). The monoisotopic (exact) mass is 409 g/mol. The van der Waals surface area contributed by atoms with Crippen LogP contribution in [0.5, 0.6) is 5.75 Å². The first-order chi connectivity index (χ1) is 14.6. The fourth-order valence-electron chi connectivity index (χ4n) is 3.74. The largest absolute Gasteiger partial charge is 0.497 e. The van der Waals surface area contributed by atoms with Crippen LogP contribution in [-0.4, -0.2) is 61.4 Å². The van der Waals surface area contributed by atoms with Crippen molar-refractivity contribution in [3.63, 3.8) is 0 Å². The van der Waals surface area contributed by atoms with Crippen molar-refractivity contribution in [3.8, 4) is 5.75 Å². The molecule has 2 aromatic rings. The van der Waals surface area contributed by atoms with Crippen LogP contribution in [-0.2, 0) is 22.4 Å². The molecule has 1 aliphatic rings. The van der Waals surface area contributed by atoms with Gasteiger partial charge in [-0.1, -0.05) is 37.3 Å². The second-order valence-electron chi connectivity index (χ2n) is 7.57. The number of ether oxygens (including phenoxy) is 1. The van der Waals surface area contributed by atoms with E-state index >= 15 is 0 Å². The molecule has 30 heavy (non-hydrogen) atoms. The lowest BCUT2D eigenvalue weighted by molar-refractivity contribution is -0.133. The summed E-state index contributed by atoms with van der Waals surface area (Å²) in [5, 5.41) is 3.02. The number of hydrogen-bond donors (Lipinski definition) is 1. The number of methoxy groups -OCH3 is 1. The van der Waals surface area contributed by atoms with Gasteiger partial charge in [0.05, 0.1) is 13.7 Å². The first-order valence-corrected chi connectivity index (χ1v) is 10.6. The van der Waals surface area contributed by atoms with Crippen molar-refractivity contribution in [2.24, 2.45) is 0 Å². The molecule has 6 heteroatoms. The zero-order chi connectivity index (χ0) is 21.3. The maximum absolute atomic E-state index is 12.6. The van der Waals surface area contributed by atoms with Gasteiger partial charge in [-0.15, -0.1) is 0 Å². The van der Waals surface area contributed by atoms with Crippen molar-refractivity contribution in [3.05, 3.63) is 59.7 Å². The van der Waals surface area contributed by atoms with Gasteiger partial charge < -0.3 is 15.0 Å². The SMILES string of the molecule is CCc1ccccc1NC(=O)CN1CCN(C(=O)CCc2cccc(OC)c2)CC1. The molecule has 1 heterocycles. The Hall–Kier alpha value is -2.86. The molecule has 1 saturated heterocycles. The predicted octanol–water partition coefficient (Wildman–Crippen LogP) is 2.97. The second kappa shape index (κ2) is 10.8. The van der Waals surface area contributed by atoms with Crippen LogP contribution in [0, 0.1) is 0 Å². The van der Waals surface area contributed by atoms with Gasteiger partial charge in [-0.2, -0.15) is 0 Å². The number of amides is 2. The highest BCUT2D eigenvalue weighted by Gasteiger charge is 2.22. The molecule has 0 saturated carbocycles. The summed E-state index contributed by atoms with van der Waals surface area (Å²) in [5.41, 5.74) is 3.12. The van der Waals surface area contributed by atoms with Gasteiger partial charge in [0.25, 0.3) is 0 Å². The predicted molar refractivity (Wildman–Crippen MR) is 119 cm³/mol. The van der Waals surface area contributed by atoms with Crippen LogP contribution in [0.2, 0.25) is 0 Å². The topological polar surface area (TPSA) is 61.9 Å². The number of piperazine rings is 1. The number of aryl methyl sites for hydroxylation is 2. The summed E-state index contributed by atoms with van der Waals surface area (Å²) in [5.74, 6) is 0.973. The Morgan fingerprint density at radius 1 is 1.03 bits per heavy atom. The van der Waals surface area contributed by atoms with E-state index in [1.165, 1.54) is 0 Å². The normalized spacial score (nSPS) is 14.4. The van der Waals surface area contributed by atoms with Gasteiger partial charge in [-0.3, -0.25) is 14.5 Å². The van der Waals surface area contributed by atoms with Crippen LogP contribution in [0.1, 0.15) is 24.5 Å². The Labute approximate surface area is 178 Å². The van der Waals surface area contributed by atoms with Crippen molar-refractivity contribution in [1.29, 1.82) is 0 Å². The van der Waals surface area contributed by atoms with Gasteiger partial charge in [0.15, 0.2) is 0 Å². The van der Waals surface area contributed by atoms with Crippen LogP contribution < -0.4 is 10.1 Å². The van der Waals surface area contributed by atoms with Crippen molar-refractivity contribution in [1.82, 2.24) is 9.80 Å². The van der Waals surface area contributed by atoms with E-state index in [0.717, 1.165) is 29.0 Å². The van der Waals surface area contributed by atoms with Gasteiger partial charge in [-0.05, 0) is 42.2 Å². The number of carbonyl (C=O) groups is 2. The van der Waals surface area contributed by atoms with Crippen LogP contribution in [0.4, 0.5) is 5.69 Å². The highest BCUT2D eigenvalue weighted by molar-refractivity contribution is 5.93. The van der Waals surface area contributed by atoms with Gasteiger partial charge in [0.2, 0.25) is 11.8 Å². The van der Waals surface area contributed by atoms with Crippen LogP contribution in [0.15, 0.2) is 48.5 Å². The van der Waals surface area contributed by atoms with Gasteiger partial charge in [0.1, 0.15) is 5.75 Å². The molecule has 0 atom stereocenters. The lowest BCUT2D eigenvalue weighted by atomic mass is 10.1. The Morgan fingerprint density at radius 2 is 1.80 bits per heavy atom. The van der Waals surface area contributed by atoms with Crippen molar-refractivity contribution in [2.45, 2.75) is 26.2 Å². The van der Waals surface area contributed by atoms with Gasteiger partial charge in [0, 0.05) is 38.3 Å². The summed E-state index contributed by atoms with van der Waals surface area (Å²) in [6, 6.07) is 15.7. The van der Waals surface area contributed by atoms with Crippen LogP contribution in [0.3, 0.4) is 0 Å². The van der Waals surface area contributed by atoms with E-state index < -0.39 is 0 Å². The average molecular weight is 410 g/mol. The number of para-hydroxylation sites is 1. The summed E-state index contributed by atoms with van der Waals surface area (Å²) >= 11 is 0. The molecule has 0 unspecified atom stereocenters. The van der Waals surface area contributed by atoms with E-state index in [-0.39, 0.29) is 11.8 Å². The molecule has 0 aromatic heterocycles. The first-order valence-electron chi connectivity index (χ1n) is 10.6. The zero-order valence-corrected chi connectivity index (χ0v) is 17.9. The molecule has 6 nitrogen and oxygen atoms in total. The Morgan fingerprint density at radius 3 is 2.53 bits per heavy atom. The number of carbonyl (C=O) groups excluding carboxylic acids is 2. The lowest BCUT2D eigenvalue weighted by Gasteiger charge is -2.34. The Kier molecular flexibility index (Phi) is 7.85. The van der Waals surface area contributed by atoms with Crippen molar-refractivity contribution < 1.29 is 14.3 Å². The maximum atomic E-state index is 12.6. The number of nitrogens with zero attached hydrogens (tertiary/aromatic N) is 2.